The van der Waals surface area contributed by atoms with E-state index in [9.17, 15) is 0 Å². The number of halogens is 1. The molecule has 2 aromatic rings. The molecule has 0 aromatic carbocycles. The number of hydrogen-bond donors (Lipinski definition) is 0. The molecular formula is C9H9IN2. The van der Waals surface area contributed by atoms with Crippen molar-refractivity contribution in [1.29, 1.82) is 0 Å². The van der Waals surface area contributed by atoms with Crippen LogP contribution in [0.25, 0.3) is 5.65 Å². The molecule has 3 heteroatoms. The van der Waals surface area contributed by atoms with E-state index in [0.717, 1.165) is 12.1 Å². The molecule has 0 amide bonds. The quantitative estimate of drug-likeness (QED) is 0.729. The van der Waals surface area contributed by atoms with Gasteiger partial charge in [0.15, 0.2) is 0 Å². The summed E-state index contributed by atoms with van der Waals surface area (Å²) < 4.78 is 3.34. The Labute approximate surface area is 84.8 Å². The van der Waals surface area contributed by atoms with Gasteiger partial charge in [-0.25, -0.2) is 4.98 Å². The summed E-state index contributed by atoms with van der Waals surface area (Å²) >= 11 is 2.33. The molecule has 0 unspecified atom stereocenters. The van der Waals surface area contributed by atoms with Crippen molar-refractivity contribution in [1.82, 2.24) is 9.38 Å². The van der Waals surface area contributed by atoms with E-state index < -0.39 is 0 Å². The summed E-state index contributed by atoms with van der Waals surface area (Å²) in [5.41, 5.74) is 2.22. The van der Waals surface area contributed by atoms with Crippen LogP contribution in [0.15, 0.2) is 24.4 Å². The van der Waals surface area contributed by atoms with E-state index >= 15 is 0 Å². The van der Waals surface area contributed by atoms with Crippen LogP contribution in [0, 0.1) is 3.70 Å². The topological polar surface area (TPSA) is 17.3 Å². The number of imidazole rings is 1. The second-order valence-corrected chi connectivity index (χ2v) is 3.65. The summed E-state index contributed by atoms with van der Waals surface area (Å²) in [6, 6.07) is 6.06. The van der Waals surface area contributed by atoms with Gasteiger partial charge >= 0.3 is 0 Å². The zero-order valence-electron chi connectivity index (χ0n) is 6.79. The van der Waals surface area contributed by atoms with Crippen LogP contribution in [0.1, 0.15) is 12.6 Å². The molecule has 0 bridgehead atoms. The minimum atomic E-state index is 1.000. The van der Waals surface area contributed by atoms with Gasteiger partial charge in [-0.15, -0.1) is 0 Å². The molecular weight excluding hydrogens is 263 g/mol. The molecule has 0 fully saturated rings. The fourth-order valence-electron chi connectivity index (χ4n) is 1.24. The highest BCUT2D eigenvalue weighted by Gasteiger charge is 2.05. The monoisotopic (exact) mass is 272 g/mol. The Kier molecular flexibility index (Phi) is 2.04. The summed E-state index contributed by atoms with van der Waals surface area (Å²) in [5, 5.41) is 0. The minimum absolute atomic E-state index is 1.000. The highest BCUT2D eigenvalue weighted by Crippen LogP contribution is 2.14. The van der Waals surface area contributed by atoms with E-state index in [0.29, 0.717) is 0 Å². The van der Waals surface area contributed by atoms with Crippen LogP contribution in [0.4, 0.5) is 0 Å². The van der Waals surface area contributed by atoms with Gasteiger partial charge in [0, 0.05) is 6.20 Å². The fraction of sp³-hybridized carbons (Fsp3) is 0.222. The first kappa shape index (κ1) is 8.04. The van der Waals surface area contributed by atoms with Crippen LogP contribution in [0.5, 0.6) is 0 Å². The molecule has 2 aromatic heterocycles. The third kappa shape index (κ3) is 1.12. The average Bonchev–Trinajstić information content (AvgIpc) is 2.44. The first-order chi connectivity index (χ1) is 5.83. The molecule has 2 rings (SSSR count). The molecule has 0 radical (unpaired) electrons. The van der Waals surface area contributed by atoms with E-state index in [2.05, 4.69) is 38.9 Å². The molecule has 0 saturated carbocycles. The lowest BCUT2D eigenvalue weighted by Gasteiger charge is -1.92. The Morgan fingerprint density at radius 2 is 2.33 bits per heavy atom. The second-order valence-electron chi connectivity index (χ2n) is 2.63. The standard InChI is InChI=1S/C9H9IN2/c1-2-7-9(10)12-6-4-3-5-8(12)11-7/h3-6H,2H2,1H3. The number of fused-ring (bicyclic) bond motifs is 1. The lowest BCUT2D eigenvalue weighted by atomic mass is 10.4. The first-order valence-corrected chi connectivity index (χ1v) is 5.02. The van der Waals surface area contributed by atoms with Crippen LogP contribution in [-0.2, 0) is 6.42 Å². The van der Waals surface area contributed by atoms with Crippen molar-refractivity contribution in [3.8, 4) is 0 Å². The normalized spacial score (nSPS) is 10.8. The van der Waals surface area contributed by atoms with Gasteiger partial charge in [-0.1, -0.05) is 13.0 Å². The van der Waals surface area contributed by atoms with Crippen molar-refractivity contribution in [2.24, 2.45) is 0 Å². The van der Waals surface area contributed by atoms with Gasteiger partial charge in [-0.2, -0.15) is 0 Å². The molecule has 0 N–H and O–H groups in total. The SMILES string of the molecule is CCc1nc2ccccn2c1I. The van der Waals surface area contributed by atoms with Crippen LogP contribution in [0.2, 0.25) is 0 Å². The third-order valence-corrected chi connectivity index (χ3v) is 3.01. The summed E-state index contributed by atoms with van der Waals surface area (Å²) in [5.74, 6) is 0. The molecule has 0 atom stereocenters. The van der Waals surface area contributed by atoms with Crippen molar-refractivity contribution >= 4 is 28.2 Å². The largest absolute Gasteiger partial charge is 0.295 e. The third-order valence-electron chi connectivity index (χ3n) is 1.87. The Hall–Kier alpha value is -0.580. The summed E-state index contributed by atoms with van der Waals surface area (Å²) in [6.07, 6.45) is 3.04. The van der Waals surface area contributed by atoms with Crippen LogP contribution in [-0.4, -0.2) is 9.38 Å². The van der Waals surface area contributed by atoms with Crippen molar-refractivity contribution in [3.63, 3.8) is 0 Å². The summed E-state index contributed by atoms with van der Waals surface area (Å²) in [7, 11) is 0. The van der Waals surface area contributed by atoms with Crippen molar-refractivity contribution < 1.29 is 0 Å². The Bertz CT molecular complexity index is 406. The number of rotatable bonds is 1. The Morgan fingerprint density at radius 3 is 3.00 bits per heavy atom. The van der Waals surface area contributed by atoms with Gasteiger partial charge in [-0.05, 0) is 41.1 Å². The van der Waals surface area contributed by atoms with Gasteiger partial charge in [0.1, 0.15) is 9.35 Å². The molecule has 2 nitrogen and oxygen atoms in total. The molecule has 0 aliphatic rings. The fourth-order valence-corrected chi connectivity index (χ4v) is 2.15. The lowest BCUT2D eigenvalue weighted by molar-refractivity contribution is 1.05. The van der Waals surface area contributed by atoms with E-state index in [1.807, 2.05) is 24.4 Å². The molecule has 0 aliphatic heterocycles. The van der Waals surface area contributed by atoms with Crippen LogP contribution in [0.3, 0.4) is 0 Å². The number of aryl methyl sites for hydroxylation is 1. The second kappa shape index (κ2) is 3.05. The van der Waals surface area contributed by atoms with E-state index in [1.54, 1.807) is 0 Å². The van der Waals surface area contributed by atoms with Gasteiger partial charge in [0.2, 0.25) is 0 Å². The van der Waals surface area contributed by atoms with Gasteiger partial charge in [0.25, 0.3) is 0 Å². The minimum Gasteiger partial charge on any atom is -0.295 e. The Morgan fingerprint density at radius 1 is 1.50 bits per heavy atom. The van der Waals surface area contributed by atoms with Crippen molar-refractivity contribution in [3.05, 3.63) is 33.8 Å². The van der Waals surface area contributed by atoms with Crippen molar-refractivity contribution in [2.75, 3.05) is 0 Å². The van der Waals surface area contributed by atoms with E-state index in [4.69, 9.17) is 0 Å². The Balaban J connectivity index is 2.78. The molecule has 0 aliphatic carbocycles. The molecule has 2 heterocycles. The predicted octanol–water partition coefficient (Wildman–Crippen LogP) is 2.50. The molecule has 0 spiro atoms. The number of pyridine rings is 1. The van der Waals surface area contributed by atoms with Gasteiger partial charge in [0.05, 0.1) is 5.69 Å². The lowest BCUT2D eigenvalue weighted by Crippen LogP contribution is -1.86. The first-order valence-electron chi connectivity index (χ1n) is 3.94. The van der Waals surface area contributed by atoms with Crippen molar-refractivity contribution in [2.45, 2.75) is 13.3 Å². The zero-order valence-corrected chi connectivity index (χ0v) is 8.95. The maximum absolute atomic E-state index is 4.49. The molecule has 12 heavy (non-hydrogen) atoms. The zero-order chi connectivity index (χ0) is 8.55. The number of hydrogen-bond acceptors (Lipinski definition) is 1. The maximum atomic E-state index is 4.49. The summed E-state index contributed by atoms with van der Waals surface area (Å²) in [6.45, 7) is 2.13. The maximum Gasteiger partial charge on any atom is 0.137 e. The number of aromatic nitrogens is 2. The van der Waals surface area contributed by atoms with Crippen LogP contribution < -0.4 is 0 Å². The molecule has 0 saturated heterocycles. The molecule has 62 valence electrons. The average molecular weight is 272 g/mol. The smallest absolute Gasteiger partial charge is 0.137 e. The highest BCUT2D eigenvalue weighted by atomic mass is 127. The van der Waals surface area contributed by atoms with Gasteiger partial charge in [-0.3, -0.25) is 4.40 Å². The van der Waals surface area contributed by atoms with Crippen LogP contribution >= 0.6 is 22.6 Å². The van der Waals surface area contributed by atoms with E-state index in [1.165, 1.54) is 9.39 Å². The number of nitrogens with zero attached hydrogens (tertiary/aromatic N) is 2. The highest BCUT2D eigenvalue weighted by molar-refractivity contribution is 14.1. The van der Waals surface area contributed by atoms with E-state index in [-0.39, 0.29) is 0 Å². The predicted molar refractivity (Wildman–Crippen MR) is 57.3 cm³/mol. The van der Waals surface area contributed by atoms with Gasteiger partial charge < -0.3 is 0 Å². The summed E-state index contributed by atoms with van der Waals surface area (Å²) in [4.78, 5) is 4.49.